The molecule has 82 valence electrons. The molecular formula is C9H8BrF2NO2. The van der Waals surface area contributed by atoms with Crippen LogP contribution in [-0.4, -0.2) is 18.4 Å². The first-order valence-electron chi connectivity index (χ1n) is 4.01. The lowest BCUT2D eigenvalue weighted by molar-refractivity contribution is 0.110. The first-order valence-corrected chi connectivity index (χ1v) is 5.13. The Bertz CT molecular complexity index is 371. The minimum Gasteiger partial charge on any atom is -0.495 e. The number of carbonyl (C=O) groups is 1. The van der Waals surface area contributed by atoms with Crippen LogP contribution in [0.1, 0.15) is 28.2 Å². The van der Waals surface area contributed by atoms with E-state index >= 15 is 0 Å². The molecule has 15 heavy (non-hydrogen) atoms. The molecule has 0 spiro atoms. The Hall–Kier alpha value is -1.04. The van der Waals surface area contributed by atoms with Gasteiger partial charge in [-0.2, -0.15) is 0 Å². The van der Waals surface area contributed by atoms with E-state index in [-0.39, 0.29) is 10.9 Å². The molecule has 1 aromatic rings. The molecule has 0 aliphatic rings. The molecule has 0 amide bonds. The number of aromatic nitrogens is 1. The van der Waals surface area contributed by atoms with E-state index in [1.54, 1.807) is 0 Å². The Labute approximate surface area is 93.6 Å². The summed E-state index contributed by atoms with van der Waals surface area (Å²) in [6.45, 7) is 0. The lowest BCUT2D eigenvalue weighted by Gasteiger charge is -2.09. The van der Waals surface area contributed by atoms with Gasteiger partial charge >= 0.3 is 0 Å². The van der Waals surface area contributed by atoms with Crippen LogP contribution in [0.15, 0.2) is 6.07 Å². The maximum absolute atomic E-state index is 12.5. The van der Waals surface area contributed by atoms with Crippen molar-refractivity contribution < 1.29 is 18.3 Å². The number of methoxy groups -OCH3 is 1. The Kier molecular flexibility index (Phi) is 4.14. The average molecular weight is 280 g/mol. The Balaban J connectivity index is 3.34. The van der Waals surface area contributed by atoms with E-state index in [4.69, 9.17) is 4.74 Å². The number of aldehydes is 1. The van der Waals surface area contributed by atoms with Crippen LogP contribution in [0.5, 0.6) is 5.75 Å². The number of pyridine rings is 1. The van der Waals surface area contributed by atoms with E-state index in [0.29, 0.717) is 17.7 Å². The van der Waals surface area contributed by atoms with Crippen molar-refractivity contribution in [1.82, 2.24) is 4.98 Å². The second-order valence-electron chi connectivity index (χ2n) is 2.66. The molecule has 0 saturated carbocycles. The first-order chi connectivity index (χ1) is 7.13. The number of hydrogen-bond donors (Lipinski definition) is 0. The van der Waals surface area contributed by atoms with Crippen molar-refractivity contribution in [3.8, 4) is 5.75 Å². The molecular weight excluding hydrogens is 272 g/mol. The van der Waals surface area contributed by atoms with Gasteiger partial charge in [-0.15, -0.1) is 0 Å². The Morgan fingerprint density at radius 2 is 2.33 bits per heavy atom. The number of rotatable bonds is 4. The summed E-state index contributed by atoms with van der Waals surface area (Å²) in [6.07, 6.45) is -2.43. The fourth-order valence-electron chi connectivity index (χ4n) is 1.11. The molecule has 0 aliphatic carbocycles. The van der Waals surface area contributed by atoms with Crippen LogP contribution in [0.3, 0.4) is 0 Å². The molecule has 6 heteroatoms. The molecule has 0 aromatic carbocycles. The predicted molar refractivity (Wildman–Crippen MR) is 53.8 cm³/mol. The highest BCUT2D eigenvalue weighted by atomic mass is 79.9. The van der Waals surface area contributed by atoms with Crippen LogP contribution >= 0.6 is 15.9 Å². The van der Waals surface area contributed by atoms with Crippen LogP contribution in [0.4, 0.5) is 8.78 Å². The zero-order valence-corrected chi connectivity index (χ0v) is 9.42. The Morgan fingerprint density at radius 3 is 2.73 bits per heavy atom. The zero-order valence-electron chi connectivity index (χ0n) is 7.84. The van der Waals surface area contributed by atoms with Crippen molar-refractivity contribution in [3.05, 3.63) is 23.0 Å². The van der Waals surface area contributed by atoms with Gasteiger partial charge in [0.15, 0.2) is 6.29 Å². The van der Waals surface area contributed by atoms with E-state index in [1.807, 2.05) is 0 Å². The molecule has 3 nitrogen and oxygen atoms in total. The molecule has 0 aliphatic heterocycles. The lowest BCUT2D eigenvalue weighted by atomic mass is 10.2. The average Bonchev–Trinajstić information content (AvgIpc) is 2.26. The van der Waals surface area contributed by atoms with Crippen molar-refractivity contribution >= 4 is 22.2 Å². The Morgan fingerprint density at radius 1 is 1.67 bits per heavy atom. The third-order valence-corrected chi connectivity index (χ3v) is 2.33. The third-order valence-electron chi connectivity index (χ3n) is 1.80. The maximum Gasteiger partial charge on any atom is 0.281 e. The molecule has 0 saturated heterocycles. The van der Waals surface area contributed by atoms with E-state index in [1.165, 1.54) is 13.2 Å². The molecule has 0 N–H and O–H groups in total. The first kappa shape index (κ1) is 12.0. The minimum atomic E-state index is -2.77. The van der Waals surface area contributed by atoms with Crippen LogP contribution in [0.2, 0.25) is 0 Å². The van der Waals surface area contributed by atoms with Gasteiger partial charge < -0.3 is 4.74 Å². The van der Waals surface area contributed by atoms with E-state index in [2.05, 4.69) is 20.9 Å². The summed E-state index contributed by atoms with van der Waals surface area (Å²) in [4.78, 5) is 14.2. The fraction of sp³-hybridized carbons (Fsp3) is 0.333. The maximum atomic E-state index is 12.5. The summed E-state index contributed by atoms with van der Waals surface area (Å²) in [5.41, 5.74) is -0.315. The van der Waals surface area contributed by atoms with Gasteiger partial charge in [0.05, 0.1) is 12.8 Å². The SMILES string of the molecule is COc1cc(C=O)c(C(F)F)nc1CBr. The second kappa shape index (κ2) is 5.16. The van der Waals surface area contributed by atoms with Gasteiger partial charge in [0.1, 0.15) is 11.4 Å². The number of nitrogens with zero attached hydrogens (tertiary/aromatic N) is 1. The summed E-state index contributed by atoms with van der Waals surface area (Å²) in [5, 5.41) is 0.287. The van der Waals surface area contributed by atoms with Gasteiger partial charge in [-0.1, -0.05) is 15.9 Å². The molecule has 0 radical (unpaired) electrons. The molecule has 1 heterocycles. The van der Waals surface area contributed by atoms with Gasteiger partial charge in [-0.25, -0.2) is 13.8 Å². The third kappa shape index (κ3) is 2.50. The molecule has 0 fully saturated rings. The van der Waals surface area contributed by atoms with Crippen LogP contribution in [-0.2, 0) is 5.33 Å². The number of alkyl halides is 3. The topological polar surface area (TPSA) is 39.2 Å². The number of halogens is 3. The smallest absolute Gasteiger partial charge is 0.281 e. The molecule has 0 bridgehead atoms. The normalized spacial score (nSPS) is 10.5. The fourth-order valence-corrected chi connectivity index (χ4v) is 1.51. The number of carbonyl (C=O) groups excluding carboxylic acids is 1. The molecule has 1 aromatic heterocycles. The van der Waals surface area contributed by atoms with Crippen LogP contribution in [0, 0.1) is 0 Å². The number of hydrogen-bond acceptors (Lipinski definition) is 3. The summed E-state index contributed by atoms with van der Waals surface area (Å²) in [5.74, 6) is 0.318. The van der Waals surface area contributed by atoms with Crippen molar-refractivity contribution in [2.45, 2.75) is 11.8 Å². The van der Waals surface area contributed by atoms with Crippen molar-refractivity contribution in [2.24, 2.45) is 0 Å². The second-order valence-corrected chi connectivity index (χ2v) is 3.22. The summed E-state index contributed by atoms with van der Waals surface area (Å²) < 4.78 is 29.9. The standard InChI is InChI=1S/C9H8BrF2NO2/c1-15-7-2-5(4-14)8(9(11)12)13-6(7)3-10/h2,4,9H,3H2,1H3. The zero-order chi connectivity index (χ0) is 11.4. The lowest BCUT2D eigenvalue weighted by Crippen LogP contribution is -2.03. The minimum absolute atomic E-state index is 0.147. The molecule has 0 atom stereocenters. The van der Waals surface area contributed by atoms with Gasteiger partial charge in [0.2, 0.25) is 0 Å². The molecule has 0 unspecified atom stereocenters. The predicted octanol–water partition coefficient (Wildman–Crippen LogP) is 2.74. The van der Waals surface area contributed by atoms with E-state index in [9.17, 15) is 13.6 Å². The summed E-state index contributed by atoms with van der Waals surface area (Å²) in [6, 6.07) is 1.26. The van der Waals surface area contributed by atoms with E-state index < -0.39 is 12.1 Å². The summed E-state index contributed by atoms with van der Waals surface area (Å²) in [7, 11) is 1.39. The van der Waals surface area contributed by atoms with Crippen molar-refractivity contribution in [2.75, 3.05) is 7.11 Å². The monoisotopic (exact) mass is 279 g/mol. The van der Waals surface area contributed by atoms with Crippen molar-refractivity contribution in [1.29, 1.82) is 0 Å². The highest BCUT2D eigenvalue weighted by Gasteiger charge is 2.18. The number of ether oxygens (including phenoxy) is 1. The van der Waals surface area contributed by atoms with Crippen LogP contribution in [0.25, 0.3) is 0 Å². The molecule has 1 rings (SSSR count). The van der Waals surface area contributed by atoms with Gasteiger partial charge in [0, 0.05) is 10.9 Å². The van der Waals surface area contributed by atoms with Gasteiger partial charge in [-0.3, -0.25) is 4.79 Å². The van der Waals surface area contributed by atoms with Crippen LogP contribution < -0.4 is 4.74 Å². The van der Waals surface area contributed by atoms with E-state index in [0.717, 1.165) is 0 Å². The largest absolute Gasteiger partial charge is 0.495 e. The summed E-state index contributed by atoms with van der Waals surface area (Å²) >= 11 is 3.10. The van der Waals surface area contributed by atoms with Gasteiger partial charge in [-0.05, 0) is 6.07 Å². The highest BCUT2D eigenvalue weighted by Crippen LogP contribution is 2.27. The highest BCUT2D eigenvalue weighted by molar-refractivity contribution is 9.08. The van der Waals surface area contributed by atoms with Crippen molar-refractivity contribution in [3.63, 3.8) is 0 Å². The quantitative estimate of drug-likeness (QED) is 0.628. The van der Waals surface area contributed by atoms with Gasteiger partial charge in [0.25, 0.3) is 6.43 Å².